The smallest absolute Gasteiger partial charge is 0.111 e. The molecule has 5 aliphatic rings. The van der Waals surface area contributed by atoms with Crippen molar-refractivity contribution >= 4 is 0 Å². The van der Waals surface area contributed by atoms with Crippen molar-refractivity contribution < 1.29 is 20.1 Å². The molecule has 10 atom stereocenters. The van der Waals surface area contributed by atoms with E-state index in [0.717, 1.165) is 25.7 Å². The van der Waals surface area contributed by atoms with E-state index in [9.17, 15) is 15.3 Å². The molecule has 0 aromatic carbocycles. The van der Waals surface area contributed by atoms with Gasteiger partial charge in [-0.3, -0.25) is 0 Å². The molecule has 0 aromatic rings. The molecule has 4 heteroatoms. The molecule has 0 spiro atoms. The van der Waals surface area contributed by atoms with Gasteiger partial charge in [-0.05, 0) is 111 Å². The van der Waals surface area contributed by atoms with E-state index in [1.165, 1.54) is 25.7 Å². The Balaban J connectivity index is 1.38. The number of allylic oxidation sites excluding steroid dienone is 2. The summed E-state index contributed by atoms with van der Waals surface area (Å²) in [5, 5.41) is 32.0. The zero-order valence-corrected chi connectivity index (χ0v) is 21.8. The number of aliphatic hydroxyl groups excluding tert-OH is 2. The van der Waals surface area contributed by atoms with Crippen LogP contribution in [0.3, 0.4) is 0 Å². The zero-order valence-electron chi connectivity index (χ0n) is 21.8. The molecule has 3 saturated carbocycles. The molecule has 0 radical (unpaired) electrons. The SMILES string of the molecule is CC(C)(O)[C@@H]1OC[C@H]([C@@H]2CC[C@@H]3C4=CC[C@H]5C(C)(C)[C@@H](O)CC[C@]5(C)[C@H]4CC[C@]32C)C[C@H]1O. The molecule has 0 aromatic heterocycles. The summed E-state index contributed by atoms with van der Waals surface area (Å²) >= 11 is 0. The highest BCUT2D eigenvalue weighted by molar-refractivity contribution is 5.29. The van der Waals surface area contributed by atoms with Gasteiger partial charge in [0.1, 0.15) is 6.10 Å². The standard InChI is InChI=1S/C29H48O4/c1-26(2)23-10-7-18-20-9-8-19(17-15-22(30)25(33-16-17)27(3,4)32)28(20,5)13-11-21(18)29(23,6)14-12-24(26)31/h7,17,19-25,30-32H,8-16H2,1-6H3/t17-,19+,20-,21+,22-,23+,24+,25-,28+,29-/m1/s1. The normalized spacial score (nSPS) is 51.8. The highest BCUT2D eigenvalue weighted by Gasteiger charge is 2.61. The lowest BCUT2D eigenvalue weighted by Gasteiger charge is -2.62. The van der Waals surface area contributed by atoms with E-state index in [0.29, 0.717) is 41.6 Å². The predicted molar refractivity (Wildman–Crippen MR) is 131 cm³/mol. The summed E-state index contributed by atoms with van der Waals surface area (Å²) in [4.78, 5) is 0. The molecule has 4 aliphatic carbocycles. The van der Waals surface area contributed by atoms with E-state index in [-0.39, 0.29) is 16.9 Å². The Labute approximate surface area is 201 Å². The molecular weight excluding hydrogens is 412 g/mol. The number of aliphatic hydroxyl groups is 3. The molecule has 4 nitrogen and oxygen atoms in total. The second kappa shape index (κ2) is 7.79. The Morgan fingerprint density at radius 3 is 2.27 bits per heavy atom. The van der Waals surface area contributed by atoms with Crippen LogP contribution in [0.2, 0.25) is 0 Å². The summed E-state index contributed by atoms with van der Waals surface area (Å²) in [6, 6.07) is 0. The fraction of sp³-hybridized carbons (Fsp3) is 0.931. The first-order valence-electron chi connectivity index (χ1n) is 13.7. The topological polar surface area (TPSA) is 69.9 Å². The maximum absolute atomic E-state index is 10.8. The third-order valence-electron chi connectivity index (χ3n) is 11.7. The molecule has 188 valence electrons. The first kappa shape index (κ1) is 24.3. The van der Waals surface area contributed by atoms with Crippen molar-refractivity contribution in [2.24, 2.45) is 45.8 Å². The third-order valence-corrected chi connectivity index (χ3v) is 11.7. The highest BCUT2D eigenvalue weighted by atomic mass is 16.5. The predicted octanol–water partition coefficient (Wildman–Crippen LogP) is 5.10. The van der Waals surface area contributed by atoms with Crippen LogP contribution in [0.5, 0.6) is 0 Å². The monoisotopic (exact) mass is 460 g/mol. The van der Waals surface area contributed by atoms with Gasteiger partial charge in [0.05, 0.1) is 24.4 Å². The quantitative estimate of drug-likeness (QED) is 0.502. The zero-order chi connectivity index (χ0) is 24.0. The fourth-order valence-corrected chi connectivity index (χ4v) is 9.92. The molecule has 3 N–H and O–H groups in total. The summed E-state index contributed by atoms with van der Waals surface area (Å²) in [5.74, 6) is 2.83. The molecule has 1 heterocycles. The molecule has 1 aliphatic heterocycles. The van der Waals surface area contributed by atoms with Gasteiger partial charge in [0.25, 0.3) is 0 Å². The summed E-state index contributed by atoms with van der Waals surface area (Å²) < 4.78 is 6.09. The summed E-state index contributed by atoms with van der Waals surface area (Å²) in [7, 11) is 0. The Kier molecular flexibility index (Phi) is 5.73. The maximum atomic E-state index is 10.8. The van der Waals surface area contributed by atoms with E-state index in [1.807, 2.05) is 0 Å². The highest BCUT2D eigenvalue weighted by Crippen LogP contribution is 2.69. The molecule has 0 amide bonds. The third kappa shape index (κ3) is 3.52. The van der Waals surface area contributed by atoms with Gasteiger partial charge in [-0.2, -0.15) is 0 Å². The van der Waals surface area contributed by atoms with Crippen LogP contribution < -0.4 is 0 Å². The largest absolute Gasteiger partial charge is 0.393 e. The van der Waals surface area contributed by atoms with E-state index in [4.69, 9.17) is 4.74 Å². The van der Waals surface area contributed by atoms with Gasteiger partial charge < -0.3 is 20.1 Å². The van der Waals surface area contributed by atoms with Gasteiger partial charge in [-0.25, -0.2) is 0 Å². The molecule has 0 unspecified atom stereocenters. The van der Waals surface area contributed by atoms with Crippen LogP contribution in [0.1, 0.15) is 92.9 Å². The van der Waals surface area contributed by atoms with E-state index in [1.54, 1.807) is 19.4 Å². The van der Waals surface area contributed by atoms with Crippen LogP contribution in [0, 0.1) is 45.8 Å². The first-order chi connectivity index (χ1) is 15.3. The molecule has 33 heavy (non-hydrogen) atoms. The second-order valence-corrected chi connectivity index (χ2v) is 14.2. The minimum atomic E-state index is -1.01. The average molecular weight is 461 g/mol. The summed E-state index contributed by atoms with van der Waals surface area (Å²) in [6.07, 6.45) is 10.3. The maximum Gasteiger partial charge on any atom is 0.111 e. The minimum absolute atomic E-state index is 0.0133. The van der Waals surface area contributed by atoms with Crippen molar-refractivity contribution in [3.63, 3.8) is 0 Å². The number of hydrogen-bond acceptors (Lipinski definition) is 4. The van der Waals surface area contributed by atoms with Crippen molar-refractivity contribution in [1.82, 2.24) is 0 Å². The number of fused-ring (bicyclic) bond motifs is 5. The van der Waals surface area contributed by atoms with Crippen molar-refractivity contribution in [2.75, 3.05) is 6.61 Å². The minimum Gasteiger partial charge on any atom is -0.393 e. The molecular formula is C29H48O4. The summed E-state index contributed by atoms with van der Waals surface area (Å²) in [5.41, 5.74) is 1.30. The van der Waals surface area contributed by atoms with E-state index >= 15 is 0 Å². The lowest BCUT2D eigenvalue weighted by molar-refractivity contribution is -0.186. The molecule has 1 saturated heterocycles. The van der Waals surface area contributed by atoms with Gasteiger partial charge in [0.15, 0.2) is 0 Å². The van der Waals surface area contributed by atoms with Gasteiger partial charge in [-0.15, -0.1) is 0 Å². The van der Waals surface area contributed by atoms with Crippen molar-refractivity contribution in [3.05, 3.63) is 11.6 Å². The van der Waals surface area contributed by atoms with Crippen LogP contribution in [-0.2, 0) is 4.74 Å². The van der Waals surface area contributed by atoms with Crippen LogP contribution >= 0.6 is 0 Å². The number of hydrogen-bond donors (Lipinski definition) is 3. The second-order valence-electron chi connectivity index (χ2n) is 14.2. The number of rotatable bonds is 2. The van der Waals surface area contributed by atoms with Crippen molar-refractivity contribution in [1.29, 1.82) is 0 Å². The van der Waals surface area contributed by atoms with Crippen LogP contribution in [-0.4, -0.2) is 45.8 Å². The van der Waals surface area contributed by atoms with Crippen LogP contribution in [0.4, 0.5) is 0 Å². The lowest BCUT2D eigenvalue weighted by Crippen LogP contribution is -2.56. The van der Waals surface area contributed by atoms with E-state index < -0.39 is 17.8 Å². The first-order valence-corrected chi connectivity index (χ1v) is 13.7. The number of ether oxygens (including phenoxy) is 1. The van der Waals surface area contributed by atoms with E-state index in [2.05, 4.69) is 33.8 Å². The Morgan fingerprint density at radius 1 is 0.939 bits per heavy atom. The van der Waals surface area contributed by atoms with Gasteiger partial charge in [0.2, 0.25) is 0 Å². The molecule has 0 bridgehead atoms. The Hall–Kier alpha value is -0.420. The van der Waals surface area contributed by atoms with Gasteiger partial charge in [-0.1, -0.05) is 39.3 Å². The van der Waals surface area contributed by atoms with Crippen molar-refractivity contribution in [2.45, 2.75) is 117 Å². The average Bonchev–Trinajstić information content (AvgIpc) is 3.07. The van der Waals surface area contributed by atoms with Crippen LogP contribution in [0.25, 0.3) is 0 Å². The lowest BCUT2D eigenvalue weighted by atomic mass is 9.43. The van der Waals surface area contributed by atoms with Crippen molar-refractivity contribution in [3.8, 4) is 0 Å². The molecule has 5 rings (SSSR count). The van der Waals surface area contributed by atoms with Crippen LogP contribution in [0.15, 0.2) is 11.6 Å². The van der Waals surface area contributed by atoms with Gasteiger partial charge >= 0.3 is 0 Å². The molecule has 4 fully saturated rings. The fourth-order valence-electron chi connectivity index (χ4n) is 9.92. The summed E-state index contributed by atoms with van der Waals surface area (Å²) in [6.45, 7) is 13.8. The Morgan fingerprint density at radius 2 is 1.61 bits per heavy atom. The van der Waals surface area contributed by atoms with Gasteiger partial charge in [0, 0.05) is 0 Å². The Bertz CT molecular complexity index is 796.